The molecule has 1 N–H and O–H groups in total. The monoisotopic (exact) mass is 225 g/mol. The van der Waals surface area contributed by atoms with Crippen LogP contribution >= 0.6 is 0 Å². The number of rotatable bonds is 4. The van der Waals surface area contributed by atoms with E-state index in [9.17, 15) is 14.7 Å². The number of aliphatic hydroxyl groups is 1. The van der Waals surface area contributed by atoms with E-state index in [1.54, 1.807) is 0 Å². The SMILES string of the molecule is CCCC(O)CN1C(=O)C2CCCC2C1=O. The number of carbonyl (C=O) groups is 2. The van der Waals surface area contributed by atoms with Crippen LogP contribution in [-0.4, -0.2) is 34.5 Å². The van der Waals surface area contributed by atoms with Gasteiger partial charge in [0.1, 0.15) is 0 Å². The summed E-state index contributed by atoms with van der Waals surface area (Å²) in [7, 11) is 0. The van der Waals surface area contributed by atoms with Gasteiger partial charge in [0.25, 0.3) is 0 Å². The number of hydrogen-bond donors (Lipinski definition) is 1. The molecule has 90 valence electrons. The number of likely N-dealkylation sites (tertiary alicyclic amines) is 1. The Morgan fingerprint density at radius 1 is 1.31 bits per heavy atom. The van der Waals surface area contributed by atoms with Crippen LogP contribution in [0.15, 0.2) is 0 Å². The van der Waals surface area contributed by atoms with Crippen molar-refractivity contribution < 1.29 is 14.7 Å². The lowest BCUT2D eigenvalue weighted by molar-refractivity contribution is -0.142. The molecule has 3 unspecified atom stereocenters. The van der Waals surface area contributed by atoms with Gasteiger partial charge in [0, 0.05) is 0 Å². The average Bonchev–Trinajstić information content (AvgIpc) is 2.79. The highest BCUT2D eigenvalue weighted by Crippen LogP contribution is 2.39. The first kappa shape index (κ1) is 11.6. The van der Waals surface area contributed by atoms with Gasteiger partial charge in [0.2, 0.25) is 11.8 Å². The van der Waals surface area contributed by atoms with E-state index in [2.05, 4.69) is 0 Å². The molecule has 0 bridgehead atoms. The number of amides is 2. The molecule has 4 heteroatoms. The zero-order chi connectivity index (χ0) is 11.7. The fourth-order valence-corrected chi connectivity index (χ4v) is 2.88. The summed E-state index contributed by atoms with van der Waals surface area (Å²) in [5, 5.41) is 9.66. The highest BCUT2D eigenvalue weighted by atomic mass is 16.3. The summed E-state index contributed by atoms with van der Waals surface area (Å²) in [5.41, 5.74) is 0. The third-order valence-electron chi connectivity index (χ3n) is 3.70. The summed E-state index contributed by atoms with van der Waals surface area (Å²) in [6.45, 7) is 2.17. The van der Waals surface area contributed by atoms with Crippen molar-refractivity contribution in [2.24, 2.45) is 11.8 Å². The molecule has 2 aliphatic rings. The van der Waals surface area contributed by atoms with Crippen LogP contribution in [0.5, 0.6) is 0 Å². The quantitative estimate of drug-likeness (QED) is 0.724. The van der Waals surface area contributed by atoms with E-state index >= 15 is 0 Å². The fraction of sp³-hybridized carbons (Fsp3) is 0.833. The van der Waals surface area contributed by atoms with Crippen LogP contribution in [0.1, 0.15) is 39.0 Å². The van der Waals surface area contributed by atoms with Gasteiger partial charge in [-0.1, -0.05) is 19.8 Å². The predicted molar refractivity (Wildman–Crippen MR) is 58.5 cm³/mol. The number of hydrogen-bond acceptors (Lipinski definition) is 3. The number of nitrogens with zero attached hydrogens (tertiary/aromatic N) is 1. The van der Waals surface area contributed by atoms with E-state index in [0.717, 1.165) is 25.7 Å². The maximum absolute atomic E-state index is 11.9. The first-order valence-corrected chi connectivity index (χ1v) is 6.18. The van der Waals surface area contributed by atoms with Gasteiger partial charge in [-0.05, 0) is 19.3 Å². The van der Waals surface area contributed by atoms with Crippen molar-refractivity contribution in [3.63, 3.8) is 0 Å². The van der Waals surface area contributed by atoms with E-state index in [-0.39, 0.29) is 30.2 Å². The molecule has 2 rings (SSSR count). The third kappa shape index (κ3) is 1.86. The Labute approximate surface area is 95.6 Å². The number of β-amino-alcohol motifs (C(OH)–C–C–N with tert-alkyl or cyclic N) is 1. The van der Waals surface area contributed by atoms with E-state index in [1.807, 2.05) is 6.92 Å². The topological polar surface area (TPSA) is 57.6 Å². The minimum absolute atomic E-state index is 0.0531. The van der Waals surface area contributed by atoms with Gasteiger partial charge in [-0.2, -0.15) is 0 Å². The molecule has 0 spiro atoms. The fourth-order valence-electron chi connectivity index (χ4n) is 2.88. The third-order valence-corrected chi connectivity index (χ3v) is 3.70. The lowest BCUT2D eigenvalue weighted by Gasteiger charge is -2.19. The summed E-state index contributed by atoms with van der Waals surface area (Å²) in [5.74, 6) is -0.270. The zero-order valence-electron chi connectivity index (χ0n) is 9.69. The van der Waals surface area contributed by atoms with Crippen molar-refractivity contribution >= 4 is 11.8 Å². The predicted octanol–water partition coefficient (Wildman–Crippen LogP) is 0.933. The molecule has 4 nitrogen and oxygen atoms in total. The van der Waals surface area contributed by atoms with Gasteiger partial charge in [0.15, 0.2) is 0 Å². The number of fused-ring (bicyclic) bond motifs is 1. The molecule has 1 saturated carbocycles. The van der Waals surface area contributed by atoms with E-state index in [0.29, 0.717) is 6.42 Å². The molecule has 16 heavy (non-hydrogen) atoms. The Hall–Kier alpha value is -0.900. The minimum atomic E-state index is -0.559. The van der Waals surface area contributed by atoms with Crippen molar-refractivity contribution in [2.75, 3.05) is 6.54 Å². The van der Waals surface area contributed by atoms with Gasteiger partial charge in [-0.25, -0.2) is 0 Å². The van der Waals surface area contributed by atoms with E-state index in [4.69, 9.17) is 0 Å². The van der Waals surface area contributed by atoms with Crippen molar-refractivity contribution in [1.82, 2.24) is 4.90 Å². The van der Waals surface area contributed by atoms with Crippen LogP contribution in [0.25, 0.3) is 0 Å². The van der Waals surface area contributed by atoms with Gasteiger partial charge in [-0.3, -0.25) is 14.5 Å². The van der Waals surface area contributed by atoms with Gasteiger partial charge >= 0.3 is 0 Å². The summed E-state index contributed by atoms with van der Waals surface area (Å²) in [6.07, 6.45) is 3.62. The number of carbonyl (C=O) groups excluding carboxylic acids is 2. The van der Waals surface area contributed by atoms with E-state index < -0.39 is 6.10 Å². The minimum Gasteiger partial charge on any atom is -0.391 e. The molecule has 2 fully saturated rings. The molecule has 0 aromatic carbocycles. The second-order valence-electron chi connectivity index (χ2n) is 4.87. The first-order chi connectivity index (χ1) is 7.65. The van der Waals surface area contributed by atoms with Gasteiger partial charge in [-0.15, -0.1) is 0 Å². The first-order valence-electron chi connectivity index (χ1n) is 6.18. The van der Waals surface area contributed by atoms with Crippen LogP contribution in [-0.2, 0) is 9.59 Å². The second kappa shape index (κ2) is 4.53. The molecule has 0 aromatic rings. The molecule has 0 aromatic heterocycles. The van der Waals surface area contributed by atoms with Crippen molar-refractivity contribution in [3.05, 3.63) is 0 Å². The van der Waals surface area contributed by atoms with Gasteiger partial charge < -0.3 is 5.11 Å². The summed E-state index contributed by atoms with van der Waals surface area (Å²) < 4.78 is 0. The maximum atomic E-state index is 11.9. The van der Waals surface area contributed by atoms with Crippen molar-refractivity contribution in [1.29, 1.82) is 0 Å². The molecule has 1 heterocycles. The maximum Gasteiger partial charge on any atom is 0.233 e. The Morgan fingerprint density at radius 3 is 2.38 bits per heavy atom. The zero-order valence-corrected chi connectivity index (χ0v) is 9.69. The summed E-state index contributed by atoms with van der Waals surface area (Å²) in [6, 6.07) is 0. The Kier molecular flexibility index (Phi) is 3.28. The van der Waals surface area contributed by atoms with Crippen LogP contribution in [0.2, 0.25) is 0 Å². The smallest absolute Gasteiger partial charge is 0.233 e. The molecule has 2 amide bonds. The van der Waals surface area contributed by atoms with Crippen LogP contribution in [0.4, 0.5) is 0 Å². The number of imide groups is 1. The molecule has 3 atom stereocenters. The molecule has 1 aliphatic heterocycles. The summed E-state index contributed by atoms with van der Waals surface area (Å²) >= 11 is 0. The highest BCUT2D eigenvalue weighted by Gasteiger charge is 2.49. The van der Waals surface area contributed by atoms with E-state index in [1.165, 1.54) is 4.90 Å². The normalized spacial score (nSPS) is 31.0. The number of aliphatic hydroxyl groups excluding tert-OH is 1. The molecule has 0 radical (unpaired) electrons. The highest BCUT2D eigenvalue weighted by molar-refractivity contribution is 6.05. The second-order valence-corrected chi connectivity index (χ2v) is 4.87. The van der Waals surface area contributed by atoms with Crippen LogP contribution < -0.4 is 0 Å². The largest absolute Gasteiger partial charge is 0.391 e. The lowest BCUT2D eigenvalue weighted by Crippen LogP contribution is -2.38. The molecule has 1 aliphatic carbocycles. The van der Waals surface area contributed by atoms with Crippen LogP contribution in [0, 0.1) is 11.8 Å². The Bertz CT molecular complexity index is 281. The molecular weight excluding hydrogens is 206 g/mol. The van der Waals surface area contributed by atoms with Crippen molar-refractivity contribution in [2.45, 2.75) is 45.1 Å². The molecular formula is C12H19NO3. The van der Waals surface area contributed by atoms with Crippen LogP contribution in [0.3, 0.4) is 0 Å². The molecule has 1 saturated heterocycles. The Morgan fingerprint density at radius 2 is 1.88 bits per heavy atom. The summed E-state index contributed by atoms with van der Waals surface area (Å²) in [4.78, 5) is 25.1. The standard InChI is InChI=1S/C12H19NO3/c1-2-4-8(14)7-13-11(15)9-5-3-6-10(9)12(13)16/h8-10,14H,2-7H2,1H3. The Balaban J connectivity index is 2.00. The van der Waals surface area contributed by atoms with Crippen molar-refractivity contribution in [3.8, 4) is 0 Å². The lowest BCUT2D eigenvalue weighted by atomic mass is 10.00. The van der Waals surface area contributed by atoms with Gasteiger partial charge in [0.05, 0.1) is 24.5 Å². The average molecular weight is 225 g/mol.